The molecule has 0 bridgehead atoms. The molecule has 2 atom stereocenters. The Labute approximate surface area is 78.6 Å². The molecule has 1 N–H and O–H groups in total. The lowest BCUT2D eigenvalue weighted by atomic mass is 10.0. The first kappa shape index (κ1) is 9.21. The van der Waals surface area contributed by atoms with Crippen LogP contribution in [0.15, 0.2) is 0 Å². The van der Waals surface area contributed by atoms with E-state index in [9.17, 15) is 4.79 Å². The second kappa shape index (κ2) is 2.87. The maximum absolute atomic E-state index is 11.0. The Morgan fingerprint density at radius 2 is 2.45 bits per heavy atom. The highest BCUT2D eigenvalue weighted by atomic mass is 127. The minimum absolute atomic E-state index is 0.240. The molecule has 1 rings (SSSR count). The Bertz CT molecular complexity index is 183. The molecule has 1 aliphatic rings. The maximum atomic E-state index is 11.0. The van der Waals surface area contributed by atoms with Gasteiger partial charge in [-0.25, -0.2) is 4.79 Å². The van der Waals surface area contributed by atoms with Crippen molar-refractivity contribution in [3.8, 4) is 0 Å². The molecule has 4 nitrogen and oxygen atoms in total. The number of carbonyl (C=O) groups is 1. The molecule has 0 aromatic heterocycles. The standard InChI is InChI=1S/C6H10INO3/c1-3-4-6(2,7)5(9)11-8(4)10/h4,10H,3H2,1-2H3. The quantitative estimate of drug-likeness (QED) is 0.573. The van der Waals surface area contributed by atoms with Crippen molar-refractivity contribution >= 4 is 28.6 Å². The summed E-state index contributed by atoms with van der Waals surface area (Å²) in [6, 6.07) is -0.240. The Morgan fingerprint density at radius 1 is 1.91 bits per heavy atom. The average Bonchev–Trinajstić information content (AvgIpc) is 2.04. The third kappa shape index (κ3) is 1.36. The van der Waals surface area contributed by atoms with E-state index in [4.69, 9.17) is 5.21 Å². The average molecular weight is 271 g/mol. The Morgan fingerprint density at radius 3 is 2.64 bits per heavy atom. The molecule has 0 aromatic rings. The summed E-state index contributed by atoms with van der Waals surface area (Å²) < 4.78 is -0.624. The van der Waals surface area contributed by atoms with Crippen LogP contribution in [0.1, 0.15) is 20.3 Å². The maximum Gasteiger partial charge on any atom is 0.345 e. The van der Waals surface area contributed by atoms with Gasteiger partial charge in [0.2, 0.25) is 0 Å². The Kier molecular flexibility index (Phi) is 2.40. The number of carbonyl (C=O) groups excluding carboxylic acids is 1. The molecule has 1 heterocycles. The number of rotatable bonds is 1. The molecule has 2 unspecified atom stereocenters. The first-order valence-corrected chi connectivity index (χ1v) is 4.47. The van der Waals surface area contributed by atoms with Crippen LogP contribution in [0.5, 0.6) is 0 Å². The van der Waals surface area contributed by atoms with Crippen molar-refractivity contribution in [1.29, 1.82) is 0 Å². The number of nitrogens with zero attached hydrogens (tertiary/aromatic N) is 1. The van der Waals surface area contributed by atoms with Gasteiger partial charge in [-0.1, -0.05) is 29.5 Å². The molecule has 1 fully saturated rings. The highest BCUT2D eigenvalue weighted by molar-refractivity contribution is 14.1. The van der Waals surface area contributed by atoms with Gasteiger partial charge in [0.15, 0.2) is 0 Å². The third-order valence-electron chi connectivity index (χ3n) is 1.85. The Hall–Kier alpha value is 0.120. The van der Waals surface area contributed by atoms with Crippen molar-refractivity contribution < 1.29 is 14.8 Å². The van der Waals surface area contributed by atoms with E-state index in [1.165, 1.54) is 0 Å². The van der Waals surface area contributed by atoms with Crippen LogP contribution < -0.4 is 0 Å². The molecule has 0 spiro atoms. The molecule has 0 amide bonds. The van der Waals surface area contributed by atoms with Gasteiger partial charge >= 0.3 is 5.97 Å². The topological polar surface area (TPSA) is 49.8 Å². The van der Waals surface area contributed by atoms with Crippen LogP contribution in [0, 0.1) is 0 Å². The summed E-state index contributed by atoms with van der Waals surface area (Å²) >= 11 is 1.99. The minimum Gasteiger partial charge on any atom is -0.341 e. The number of hydrogen-bond acceptors (Lipinski definition) is 4. The van der Waals surface area contributed by atoms with Crippen molar-refractivity contribution in [1.82, 2.24) is 5.23 Å². The van der Waals surface area contributed by atoms with Gasteiger partial charge in [-0.3, -0.25) is 5.21 Å². The summed E-state index contributed by atoms with van der Waals surface area (Å²) in [6.45, 7) is 3.65. The molecular formula is C6H10INO3. The lowest BCUT2D eigenvalue weighted by molar-refractivity contribution is -0.313. The van der Waals surface area contributed by atoms with Gasteiger partial charge in [0.05, 0.1) is 6.04 Å². The van der Waals surface area contributed by atoms with E-state index >= 15 is 0 Å². The summed E-state index contributed by atoms with van der Waals surface area (Å²) in [5.74, 6) is -0.382. The van der Waals surface area contributed by atoms with E-state index < -0.39 is 3.42 Å². The van der Waals surface area contributed by atoms with E-state index in [1.54, 1.807) is 6.92 Å². The van der Waals surface area contributed by atoms with Gasteiger partial charge in [-0.15, -0.1) is 0 Å². The minimum atomic E-state index is -0.624. The summed E-state index contributed by atoms with van der Waals surface area (Å²) in [6.07, 6.45) is 0.682. The van der Waals surface area contributed by atoms with Crippen LogP contribution in [0.25, 0.3) is 0 Å². The van der Waals surface area contributed by atoms with Crippen LogP contribution in [0.4, 0.5) is 0 Å². The predicted octanol–water partition coefficient (Wildman–Crippen LogP) is 1.12. The number of hydroxylamine groups is 2. The molecule has 0 radical (unpaired) electrons. The zero-order valence-electron chi connectivity index (χ0n) is 6.37. The van der Waals surface area contributed by atoms with Crippen LogP contribution in [-0.4, -0.2) is 25.9 Å². The van der Waals surface area contributed by atoms with Crippen LogP contribution in [0.3, 0.4) is 0 Å². The van der Waals surface area contributed by atoms with Crippen molar-refractivity contribution in [3.05, 3.63) is 0 Å². The molecule has 64 valence electrons. The van der Waals surface area contributed by atoms with Gasteiger partial charge in [0.1, 0.15) is 3.42 Å². The first-order chi connectivity index (χ1) is 5.00. The molecule has 1 aliphatic heterocycles. The van der Waals surface area contributed by atoms with Gasteiger partial charge in [0, 0.05) is 0 Å². The zero-order chi connectivity index (χ0) is 8.65. The number of hydrogen-bond donors (Lipinski definition) is 1. The van der Waals surface area contributed by atoms with E-state index in [2.05, 4.69) is 4.84 Å². The van der Waals surface area contributed by atoms with Gasteiger partial charge in [0.25, 0.3) is 0 Å². The van der Waals surface area contributed by atoms with Gasteiger partial charge in [-0.05, 0) is 18.6 Å². The number of halogens is 1. The second-order valence-corrected chi connectivity index (χ2v) is 4.92. The van der Waals surface area contributed by atoms with Crippen LogP contribution in [0.2, 0.25) is 0 Å². The van der Waals surface area contributed by atoms with E-state index in [0.717, 1.165) is 0 Å². The highest BCUT2D eigenvalue weighted by Gasteiger charge is 2.51. The fourth-order valence-electron chi connectivity index (χ4n) is 1.12. The molecule has 5 heteroatoms. The highest BCUT2D eigenvalue weighted by Crippen LogP contribution is 2.35. The molecular weight excluding hydrogens is 261 g/mol. The van der Waals surface area contributed by atoms with Crippen molar-refractivity contribution in [3.63, 3.8) is 0 Å². The summed E-state index contributed by atoms with van der Waals surface area (Å²) in [5, 5.41) is 9.73. The molecule has 1 saturated heterocycles. The Balaban J connectivity index is 2.84. The second-order valence-electron chi connectivity index (χ2n) is 2.68. The predicted molar refractivity (Wildman–Crippen MR) is 46.2 cm³/mol. The largest absolute Gasteiger partial charge is 0.345 e. The lowest BCUT2D eigenvalue weighted by Gasteiger charge is -2.19. The van der Waals surface area contributed by atoms with Gasteiger partial charge < -0.3 is 4.84 Å². The van der Waals surface area contributed by atoms with Crippen molar-refractivity contribution in [2.45, 2.75) is 29.7 Å². The van der Waals surface area contributed by atoms with E-state index in [0.29, 0.717) is 11.6 Å². The van der Waals surface area contributed by atoms with Crippen molar-refractivity contribution in [2.75, 3.05) is 0 Å². The SMILES string of the molecule is CCC1N(O)OC(=O)C1(C)I. The van der Waals surface area contributed by atoms with Crippen LogP contribution in [-0.2, 0) is 9.63 Å². The fraction of sp³-hybridized carbons (Fsp3) is 0.833. The monoisotopic (exact) mass is 271 g/mol. The molecule has 11 heavy (non-hydrogen) atoms. The summed E-state index contributed by atoms with van der Waals surface area (Å²) in [7, 11) is 0. The number of alkyl halides is 1. The van der Waals surface area contributed by atoms with E-state index in [1.807, 2.05) is 29.5 Å². The normalized spacial score (nSPS) is 39.3. The van der Waals surface area contributed by atoms with Gasteiger partial charge in [-0.2, -0.15) is 0 Å². The smallest absolute Gasteiger partial charge is 0.341 e. The molecule has 0 saturated carbocycles. The van der Waals surface area contributed by atoms with Crippen molar-refractivity contribution in [2.24, 2.45) is 0 Å². The zero-order valence-corrected chi connectivity index (χ0v) is 8.53. The van der Waals surface area contributed by atoms with E-state index in [-0.39, 0.29) is 12.0 Å². The summed E-state index contributed by atoms with van der Waals surface area (Å²) in [4.78, 5) is 15.6. The summed E-state index contributed by atoms with van der Waals surface area (Å²) in [5.41, 5.74) is 0. The lowest BCUT2D eigenvalue weighted by Crippen LogP contribution is -2.38. The fourth-order valence-corrected chi connectivity index (χ4v) is 1.90. The third-order valence-corrected chi connectivity index (χ3v) is 3.01. The van der Waals surface area contributed by atoms with Crippen LogP contribution >= 0.6 is 22.6 Å². The molecule has 0 aromatic carbocycles. The first-order valence-electron chi connectivity index (χ1n) is 3.39. The molecule has 0 aliphatic carbocycles.